The molecule has 0 bridgehead atoms. The molecular formula is C9H9BrFN. The highest BCUT2D eigenvalue weighted by Crippen LogP contribution is 2.34. The van der Waals surface area contributed by atoms with Crippen LogP contribution in [0.3, 0.4) is 0 Å². The number of rotatable bonds is 0. The Bertz CT molecular complexity index is 325. The van der Waals surface area contributed by atoms with Crippen LogP contribution in [0, 0.1) is 5.82 Å². The van der Waals surface area contributed by atoms with E-state index in [-0.39, 0.29) is 11.9 Å². The van der Waals surface area contributed by atoms with Crippen molar-refractivity contribution in [3.63, 3.8) is 0 Å². The van der Waals surface area contributed by atoms with Crippen molar-refractivity contribution in [1.29, 1.82) is 0 Å². The molecule has 1 aliphatic rings. The van der Waals surface area contributed by atoms with Crippen LogP contribution in [-0.4, -0.2) is 0 Å². The summed E-state index contributed by atoms with van der Waals surface area (Å²) in [5.41, 5.74) is 7.93. The zero-order chi connectivity index (χ0) is 8.72. The molecular weight excluding hydrogens is 221 g/mol. The topological polar surface area (TPSA) is 26.0 Å². The van der Waals surface area contributed by atoms with Crippen LogP contribution >= 0.6 is 15.9 Å². The summed E-state index contributed by atoms with van der Waals surface area (Å²) in [4.78, 5) is 0. The van der Waals surface area contributed by atoms with E-state index in [1.165, 1.54) is 17.7 Å². The minimum atomic E-state index is -0.210. The van der Waals surface area contributed by atoms with Crippen LogP contribution in [0.2, 0.25) is 0 Å². The van der Waals surface area contributed by atoms with E-state index >= 15 is 0 Å². The first-order valence-electron chi connectivity index (χ1n) is 3.92. The van der Waals surface area contributed by atoms with Gasteiger partial charge in [0.15, 0.2) is 0 Å². The fraction of sp³-hybridized carbons (Fsp3) is 0.333. The molecule has 2 N–H and O–H groups in total. The highest BCUT2D eigenvalue weighted by atomic mass is 79.9. The zero-order valence-corrected chi connectivity index (χ0v) is 8.07. The van der Waals surface area contributed by atoms with Gasteiger partial charge in [-0.05, 0) is 36.1 Å². The van der Waals surface area contributed by atoms with E-state index in [0.717, 1.165) is 22.9 Å². The van der Waals surface area contributed by atoms with Crippen LogP contribution < -0.4 is 5.73 Å². The minimum Gasteiger partial charge on any atom is -0.324 e. The van der Waals surface area contributed by atoms with E-state index in [4.69, 9.17) is 5.73 Å². The molecule has 0 aromatic heterocycles. The number of fused-ring (bicyclic) bond motifs is 1. The lowest BCUT2D eigenvalue weighted by Gasteiger charge is -2.05. The van der Waals surface area contributed by atoms with Crippen LogP contribution in [0.15, 0.2) is 16.6 Å². The largest absolute Gasteiger partial charge is 0.324 e. The average molecular weight is 230 g/mol. The molecule has 1 aromatic carbocycles. The number of hydrogen-bond donors (Lipinski definition) is 1. The molecule has 1 atom stereocenters. The molecule has 0 radical (unpaired) electrons. The van der Waals surface area contributed by atoms with Gasteiger partial charge < -0.3 is 5.73 Å². The molecule has 0 aliphatic heterocycles. The highest BCUT2D eigenvalue weighted by Gasteiger charge is 2.21. The van der Waals surface area contributed by atoms with Gasteiger partial charge in [0.25, 0.3) is 0 Å². The Morgan fingerprint density at radius 1 is 1.50 bits per heavy atom. The molecule has 0 heterocycles. The van der Waals surface area contributed by atoms with E-state index in [0.29, 0.717) is 0 Å². The first-order chi connectivity index (χ1) is 5.68. The van der Waals surface area contributed by atoms with Crippen LogP contribution in [0.4, 0.5) is 4.39 Å². The fourth-order valence-corrected chi connectivity index (χ4v) is 2.32. The molecule has 1 nitrogen and oxygen atoms in total. The predicted molar refractivity (Wildman–Crippen MR) is 49.3 cm³/mol. The van der Waals surface area contributed by atoms with Gasteiger partial charge in [-0.15, -0.1) is 0 Å². The Hall–Kier alpha value is -0.410. The molecule has 1 aliphatic carbocycles. The smallest absolute Gasteiger partial charge is 0.124 e. The third-order valence-corrected chi connectivity index (χ3v) is 3.01. The Morgan fingerprint density at radius 2 is 2.25 bits per heavy atom. The molecule has 0 fully saturated rings. The van der Waals surface area contributed by atoms with Crippen LogP contribution in [-0.2, 0) is 6.42 Å². The summed E-state index contributed by atoms with van der Waals surface area (Å²) in [6, 6.07) is 3.06. The molecule has 12 heavy (non-hydrogen) atoms. The number of benzene rings is 1. The summed E-state index contributed by atoms with van der Waals surface area (Å²) in [5, 5.41) is 0. The normalized spacial score (nSPS) is 21.1. The van der Waals surface area contributed by atoms with Crippen LogP contribution in [0.25, 0.3) is 0 Å². The van der Waals surface area contributed by atoms with Crippen LogP contribution in [0.1, 0.15) is 23.6 Å². The van der Waals surface area contributed by atoms with Gasteiger partial charge >= 0.3 is 0 Å². The van der Waals surface area contributed by atoms with Crippen molar-refractivity contribution >= 4 is 15.9 Å². The second-order valence-corrected chi connectivity index (χ2v) is 3.95. The van der Waals surface area contributed by atoms with Gasteiger partial charge in [-0.1, -0.05) is 15.9 Å². The van der Waals surface area contributed by atoms with Crippen molar-refractivity contribution in [2.45, 2.75) is 18.9 Å². The summed E-state index contributed by atoms with van der Waals surface area (Å²) < 4.78 is 13.8. The monoisotopic (exact) mass is 229 g/mol. The molecule has 0 amide bonds. The van der Waals surface area contributed by atoms with Crippen molar-refractivity contribution in [3.05, 3.63) is 33.5 Å². The second kappa shape index (κ2) is 2.82. The average Bonchev–Trinajstić information content (AvgIpc) is 2.33. The molecule has 3 heteroatoms. The second-order valence-electron chi connectivity index (χ2n) is 3.10. The maximum atomic E-state index is 12.9. The number of hydrogen-bond acceptors (Lipinski definition) is 1. The Labute approximate surface area is 78.9 Å². The summed E-state index contributed by atoms with van der Waals surface area (Å²) in [6.07, 6.45) is 1.88. The first-order valence-corrected chi connectivity index (χ1v) is 4.71. The summed E-state index contributed by atoms with van der Waals surface area (Å²) in [7, 11) is 0. The van der Waals surface area contributed by atoms with Gasteiger partial charge in [-0.2, -0.15) is 0 Å². The number of nitrogens with two attached hydrogens (primary N) is 1. The predicted octanol–water partition coefficient (Wildman–Crippen LogP) is 2.53. The Morgan fingerprint density at radius 3 is 3.00 bits per heavy atom. The van der Waals surface area contributed by atoms with Crippen molar-refractivity contribution in [1.82, 2.24) is 0 Å². The summed E-state index contributed by atoms with van der Waals surface area (Å²) in [6.45, 7) is 0. The maximum Gasteiger partial charge on any atom is 0.124 e. The van der Waals surface area contributed by atoms with Crippen LogP contribution in [0.5, 0.6) is 0 Å². The van der Waals surface area contributed by atoms with Gasteiger partial charge in [0.2, 0.25) is 0 Å². The van der Waals surface area contributed by atoms with E-state index < -0.39 is 0 Å². The Kier molecular flexibility index (Phi) is 1.93. The van der Waals surface area contributed by atoms with E-state index in [1.807, 2.05) is 0 Å². The van der Waals surface area contributed by atoms with Crippen molar-refractivity contribution in [2.75, 3.05) is 0 Å². The summed E-state index contributed by atoms with van der Waals surface area (Å²) in [5.74, 6) is -0.210. The third-order valence-electron chi connectivity index (χ3n) is 2.30. The van der Waals surface area contributed by atoms with Crippen molar-refractivity contribution < 1.29 is 4.39 Å². The van der Waals surface area contributed by atoms with Crippen molar-refractivity contribution in [2.24, 2.45) is 5.73 Å². The molecule has 0 spiro atoms. The standard InChI is InChI=1S/C9H9BrFN/c10-8-4-5(11)3-7-6(8)1-2-9(7)12/h3-4,9H,1-2,12H2/t9-/m1/s1. The van der Waals surface area contributed by atoms with Gasteiger partial charge in [0.1, 0.15) is 5.82 Å². The molecule has 0 saturated carbocycles. The van der Waals surface area contributed by atoms with E-state index in [9.17, 15) is 4.39 Å². The van der Waals surface area contributed by atoms with Crippen molar-refractivity contribution in [3.8, 4) is 0 Å². The molecule has 64 valence electrons. The molecule has 2 rings (SSSR count). The Balaban J connectivity index is 2.60. The minimum absolute atomic E-state index is 0.0204. The van der Waals surface area contributed by atoms with Gasteiger partial charge in [0, 0.05) is 10.5 Å². The van der Waals surface area contributed by atoms with E-state index in [1.54, 1.807) is 0 Å². The van der Waals surface area contributed by atoms with E-state index in [2.05, 4.69) is 15.9 Å². The first kappa shape index (κ1) is 8.20. The third kappa shape index (κ3) is 1.17. The molecule has 1 aromatic rings. The van der Waals surface area contributed by atoms with Gasteiger partial charge in [0.05, 0.1) is 0 Å². The highest BCUT2D eigenvalue weighted by molar-refractivity contribution is 9.10. The lowest BCUT2D eigenvalue weighted by Crippen LogP contribution is -2.05. The lowest BCUT2D eigenvalue weighted by atomic mass is 10.1. The maximum absolute atomic E-state index is 12.9. The molecule has 0 unspecified atom stereocenters. The van der Waals surface area contributed by atoms with Gasteiger partial charge in [-0.3, -0.25) is 0 Å². The van der Waals surface area contributed by atoms with Gasteiger partial charge in [-0.25, -0.2) is 4.39 Å². The summed E-state index contributed by atoms with van der Waals surface area (Å²) >= 11 is 3.33. The fourth-order valence-electron chi connectivity index (χ4n) is 1.67. The molecule has 0 saturated heterocycles. The lowest BCUT2D eigenvalue weighted by molar-refractivity contribution is 0.621. The zero-order valence-electron chi connectivity index (χ0n) is 6.48. The SMILES string of the molecule is N[C@@H]1CCc2c(Br)cc(F)cc21. The quantitative estimate of drug-likeness (QED) is 0.728. The number of halogens is 2.